The topological polar surface area (TPSA) is 83.8 Å². The highest BCUT2D eigenvalue weighted by Crippen LogP contribution is 2.32. The number of aromatic hydroxyl groups is 1. The number of hydrogen-bond acceptors (Lipinski definition) is 4. The van der Waals surface area contributed by atoms with E-state index in [9.17, 15) is 13.5 Å². The molecule has 5 nitrogen and oxygen atoms in total. The van der Waals surface area contributed by atoms with Gasteiger partial charge < -0.3 is 9.84 Å². The van der Waals surface area contributed by atoms with Crippen LogP contribution in [0.2, 0.25) is 0 Å². The first-order chi connectivity index (χ1) is 13.9. The summed E-state index contributed by atoms with van der Waals surface area (Å²) in [4.78, 5) is -0.534. The van der Waals surface area contributed by atoms with Crippen LogP contribution < -0.4 is 4.74 Å². The summed E-state index contributed by atoms with van der Waals surface area (Å²) in [7, 11) is -4.46. The van der Waals surface area contributed by atoms with Crippen LogP contribution in [0.4, 0.5) is 0 Å². The van der Waals surface area contributed by atoms with Crippen molar-refractivity contribution in [3.63, 3.8) is 0 Å². The maximum atomic E-state index is 11.2. The van der Waals surface area contributed by atoms with E-state index >= 15 is 0 Å². The Morgan fingerprint density at radius 3 is 2.10 bits per heavy atom. The van der Waals surface area contributed by atoms with Crippen LogP contribution in [0.1, 0.15) is 70.3 Å². The molecule has 0 aliphatic heterocycles. The second-order valence-electron chi connectivity index (χ2n) is 7.39. The van der Waals surface area contributed by atoms with Crippen molar-refractivity contribution in [1.82, 2.24) is 0 Å². The van der Waals surface area contributed by atoms with Gasteiger partial charge >= 0.3 is 0 Å². The molecule has 0 fully saturated rings. The van der Waals surface area contributed by atoms with Crippen LogP contribution in [0.5, 0.6) is 17.2 Å². The van der Waals surface area contributed by atoms with Gasteiger partial charge in [0.05, 0.1) is 0 Å². The van der Waals surface area contributed by atoms with Crippen molar-refractivity contribution < 1.29 is 22.8 Å². The second-order valence-corrected chi connectivity index (χ2v) is 8.78. The van der Waals surface area contributed by atoms with Gasteiger partial charge in [0.1, 0.15) is 22.1 Å². The Bertz CT molecular complexity index is 861. The fourth-order valence-corrected chi connectivity index (χ4v) is 3.91. The molecule has 0 saturated carbocycles. The fraction of sp³-hybridized carbons (Fsp3) is 0.478. The molecule has 0 unspecified atom stereocenters. The number of aryl methyl sites for hydroxylation is 1. The number of unbranched alkanes of at least 4 members (excludes halogenated alkanes) is 8. The summed E-state index contributed by atoms with van der Waals surface area (Å²) in [5.74, 6) is 0.460. The summed E-state index contributed by atoms with van der Waals surface area (Å²) >= 11 is 0. The highest BCUT2D eigenvalue weighted by molar-refractivity contribution is 7.86. The molecule has 0 saturated heterocycles. The zero-order valence-corrected chi connectivity index (χ0v) is 18.0. The molecule has 0 aromatic heterocycles. The largest absolute Gasteiger partial charge is 0.506 e. The van der Waals surface area contributed by atoms with E-state index in [1.54, 1.807) is 0 Å². The number of phenolic OH excluding ortho intramolecular Hbond substituents is 1. The van der Waals surface area contributed by atoms with E-state index in [-0.39, 0.29) is 0 Å². The van der Waals surface area contributed by atoms with E-state index < -0.39 is 20.8 Å². The van der Waals surface area contributed by atoms with Crippen LogP contribution in [0.25, 0.3) is 0 Å². The van der Waals surface area contributed by atoms with Gasteiger partial charge in [-0.25, -0.2) is 0 Å². The first-order valence-corrected chi connectivity index (χ1v) is 11.9. The van der Waals surface area contributed by atoms with Gasteiger partial charge in [-0.1, -0.05) is 76.5 Å². The Labute approximate surface area is 174 Å². The first kappa shape index (κ1) is 23.2. The summed E-state index contributed by atoms with van der Waals surface area (Å²) in [5.41, 5.74) is 1.08. The van der Waals surface area contributed by atoms with Gasteiger partial charge in [-0.2, -0.15) is 8.42 Å². The van der Waals surface area contributed by atoms with E-state index in [1.165, 1.54) is 63.5 Å². The van der Waals surface area contributed by atoms with Crippen molar-refractivity contribution in [2.75, 3.05) is 0 Å². The quantitative estimate of drug-likeness (QED) is 0.285. The van der Waals surface area contributed by atoms with Gasteiger partial charge in [-0.15, -0.1) is 0 Å². The molecule has 29 heavy (non-hydrogen) atoms. The second kappa shape index (κ2) is 11.8. The van der Waals surface area contributed by atoms with Gasteiger partial charge in [-0.3, -0.25) is 4.55 Å². The minimum Gasteiger partial charge on any atom is -0.506 e. The molecule has 2 aromatic carbocycles. The molecule has 0 radical (unpaired) electrons. The molecular formula is C23H32O5S. The number of hydrogen-bond donors (Lipinski definition) is 2. The van der Waals surface area contributed by atoms with E-state index in [4.69, 9.17) is 9.29 Å². The van der Waals surface area contributed by atoms with Gasteiger partial charge in [0.2, 0.25) is 0 Å². The Morgan fingerprint density at radius 2 is 1.48 bits per heavy atom. The van der Waals surface area contributed by atoms with Crippen molar-refractivity contribution in [3.8, 4) is 17.2 Å². The van der Waals surface area contributed by atoms with E-state index in [2.05, 4.69) is 6.92 Å². The number of benzene rings is 2. The normalized spacial score (nSPS) is 11.5. The molecule has 2 N–H and O–H groups in total. The number of phenols is 1. The maximum Gasteiger partial charge on any atom is 0.298 e. The molecule has 0 bridgehead atoms. The van der Waals surface area contributed by atoms with E-state index in [0.717, 1.165) is 24.5 Å². The zero-order valence-electron chi connectivity index (χ0n) is 17.1. The Morgan fingerprint density at radius 1 is 0.862 bits per heavy atom. The molecule has 0 atom stereocenters. The minimum absolute atomic E-state index is 0.314. The fourth-order valence-electron chi connectivity index (χ4n) is 3.34. The van der Waals surface area contributed by atoms with Gasteiger partial charge in [0, 0.05) is 6.07 Å². The standard InChI is InChI=1S/C23H32O5S/c1-2-3-4-5-6-7-8-9-10-13-19-14-11-12-15-22(19)28-20-16-17-23(21(24)18-20)29(25,26)27/h11-12,14-18,24H,2-10,13H2,1H3,(H,25,26,27). The Kier molecular flexibility index (Phi) is 9.48. The summed E-state index contributed by atoms with van der Waals surface area (Å²) in [6.45, 7) is 2.23. The van der Waals surface area contributed by atoms with Crippen LogP contribution in [0.3, 0.4) is 0 Å². The molecule has 0 spiro atoms. The summed E-state index contributed by atoms with van der Waals surface area (Å²) in [6, 6.07) is 11.5. The van der Waals surface area contributed by atoms with E-state index in [1.807, 2.05) is 24.3 Å². The van der Waals surface area contributed by atoms with Crippen molar-refractivity contribution in [3.05, 3.63) is 48.0 Å². The lowest BCUT2D eigenvalue weighted by Gasteiger charge is -2.12. The third-order valence-electron chi connectivity index (χ3n) is 4.96. The van der Waals surface area contributed by atoms with Crippen LogP contribution in [0.15, 0.2) is 47.4 Å². The average molecular weight is 421 g/mol. The summed E-state index contributed by atoms with van der Waals surface area (Å²) in [5, 5.41) is 9.85. The first-order valence-electron chi connectivity index (χ1n) is 10.5. The third-order valence-corrected chi connectivity index (χ3v) is 5.86. The van der Waals surface area contributed by atoms with Crippen molar-refractivity contribution >= 4 is 10.1 Å². The van der Waals surface area contributed by atoms with Crippen molar-refractivity contribution in [2.24, 2.45) is 0 Å². The summed E-state index contributed by atoms with van der Waals surface area (Å²) in [6.07, 6.45) is 12.4. The maximum absolute atomic E-state index is 11.2. The van der Waals surface area contributed by atoms with Gasteiger partial charge in [0.25, 0.3) is 10.1 Å². The molecule has 0 heterocycles. The number of para-hydroxylation sites is 1. The van der Waals surface area contributed by atoms with Crippen LogP contribution in [-0.2, 0) is 16.5 Å². The van der Waals surface area contributed by atoms with Crippen molar-refractivity contribution in [2.45, 2.75) is 76.0 Å². The minimum atomic E-state index is -4.46. The van der Waals surface area contributed by atoms with Crippen LogP contribution >= 0.6 is 0 Å². The third kappa shape index (κ3) is 8.07. The molecule has 0 aliphatic rings. The number of rotatable bonds is 13. The number of ether oxygens (including phenoxy) is 1. The predicted molar refractivity (Wildman–Crippen MR) is 115 cm³/mol. The lowest BCUT2D eigenvalue weighted by Crippen LogP contribution is -1.99. The smallest absolute Gasteiger partial charge is 0.298 e. The van der Waals surface area contributed by atoms with E-state index in [0.29, 0.717) is 11.5 Å². The van der Waals surface area contributed by atoms with Crippen LogP contribution in [0, 0.1) is 0 Å². The molecule has 6 heteroatoms. The Balaban J connectivity index is 1.85. The molecule has 2 rings (SSSR count). The Hall–Kier alpha value is -2.05. The SMILES string of the molecule is CCCCCCCCCCCc1ccccc1Oc1ccc(S(=O)(=O)O)c(O)c1. The highest BCUT2D eigenvalue weighted by atomic mass is 32.2. The molecule has 0 aliphatic carbocycles. The lowest BCUT2D eigenvalue weighted by atomic mass is 10.0. The zero-order chi connectivity index (χ0) is 21.1. The summed E-state index contributed by atoms with van der Waals surface area (Å²) < 4.78 is 37.3. The average Bonchev–Trinajstić information content (AvgIpc) is 2.67. The monoisotopic (exact) mass is 420 g/mol. The lowest BCUT2D eigenvalue weighted by molar-refractivity contribution is 0.432. The predicted octanol–water partition coefficient (Wildman–Crippen LogP) is 6.50. The molecule has 160 valence electrons. The molecule has 0 amide bonds. The highest BCUT2D eigenvalue weighted by Gasteiger charge is 2.16. The van der Waals surface area contributed by atoms with Crippen molar-refractivity contribution in [1.29, 1.82) is 0 Å². The van der Waals surface area contributed by atoms with Gasteiger partial charge in [-0.05, 0) is 36.6 Å². The molecular weight excluding hydrogens is 388 g/mol. The van der Waals surface area contributed by atoms with Gasteiger partial charge in [0.15, 0.2) is 0 Å². The molecule has 2 aromatic rings. The van der Waals surface area contributed by atoms with Crippen LogP contribution in [-0.4, -0.2) is 18.1 Å².